The number of thiophene rings is 2. The number of carboxylic acids is 1. The van der Waals surface area contributed by atoms with Gasteiger partial charge in [0.15, 0.2) is 0 Å². The second kappa shape index (κ2) is 3.79. The highest BCUT2D eigenvalue weighted by Crippen LogP contribution is 2.36. The fourth-order valence-corrected chi connectivity index (χ4v) is 3.34. The van der Waals surface area contributed by atoms with E-state index in [-0.39, 0.29) is 0 Å². The molecule has 0 aliphatic carbocycles. The van der Waals surface area contributed by atoms with Crippen molar-refractivity contribution in [2.45, 2.75) is 13.8 Å². The van der Waals surface area contributed by atoms with Gasteiger partial charge in [0.1, 0.15) is 4.88 Å². The molecule has 0 bridgehead atoms. The number of aryl methyl sites for hydroxylation is 2. The number of hydrogen-bond acceptors (Lipinski definition) is 3. The van der Waals surface area contributed by atoms with Crippen LogP contribution in [0.1, 0.15) is 20.1 Å². The highest BCUT2D eigenvalue weighted by Gasteiger charge is 2.14. The van der Waals surface area contributed by atoms with Crippen molar-refractivity contribution in [3.63, 3.8) is 0 Å². The van der Waals surface area contributed by atoms with Crippen LogP contribution < -0.4 is 0 Å². The monoisotopic (exact) mass is 238 g/mol. The standard InChI is InChI=1S/C11H10O2S2/c1-6-5-9(11(12)13)15-10(6)8-3-4-14-7(8)2/h3-5H,1-2H3,(H,12,13). The molecule has 0 aliphatic heterocycles. The molecule has 0 saturated heterocycles. The van der Waals surface area contributed by atoms with Crippen molar-refractivity contribution in [1.29, 1.82) is 0 Å². The molecule has 0 aliphatic rings. The molecule has 0 atom stereocenters. The lowest BCUT2D eigenvalue weighted by atomic mass is 10.1. The fraction of sp³-hybridized carbons (Fsp3) is 0.182. The average molecular weight is 238 g/mol. The van der Waals surface area contributed by atoms with Crippen LogP contribution in [0, 0.1) is 13.8 Å². The van der Waals surface area contributed by atoms with E-state index in [1.54, 1.807) is 17.4 Å². The van der Waals surface area contributed by atoms with Crippen LogP contribution in [0.2, 0.25) is 0 Å². The smallest absolute Gasteiger partial charge is 0.345 e. The van der Waals surface area contributed by atoms with Gasteiger partial charge >= 0.3 is 5.97 Å². The fourth-order valence-electron chi connectivity index (χ4n) is 1.48. The van der Waals surface area contributed by atoms with Gasteiger partial charge in [0, 0.05) is 15.3 Å². The van der Waals surface area contributed by atoms with Gasteiger partial charge in [-0.3, -0.25) is 0 Å². The molecule has 1 N–H and O–H groups in total. The van der Waals surface area contributed by atoms with Crippen molar-refractivity contribution in [2.75, 3.05) is 0 Å². The Morgan fingerprint density at radius 1 is 1.40 bits per heavy atom. The molecular formula is C11H10O2S2. The molecule has 0 saturated carbocycles. The molecule has 2 nitrogen and oxygen atoms in total. The predicted molar refractivity (Wildman–Crippen MR) is 64.1 cm³/mol. The van der Waals surface area contributed by atoms with Crippen LogP contribution in [0.25, 0.3) is 10.4 Å². The summed E-state index contributed by atoms with van der Waals surface area (Å²) >= 11 is 3.03. The van der Waals surface area contributed by atoms with Crippen LogP contribution in [-0.2, 0) is 0 Å². The zero-order valence-electron chi connectivity index (χ0n) is 8.40. The molecule has 0 spiro atoms. The second-order valence-corrected chi connectivity index (χ2v) is 5.49. The summed E-state index contributed by atoms with van der Waals surface area (Å²) in [7, 11) is 0. The first-order chi connectivity index (χ1) is 7.09. The van der Waals surface area contributed by atoms with Gasteiger partial charge in [0.05, 0.1) is 0 Å². The van der Waals surface area contributed by atoms with Gasteiger partial charge in [-0.2, -0.15) is 0 Å². The van der Waals surface area contributed by atoms with Crippen LogP contribution in [-0.4, -0.2) is 11.1 Å². The molecule has 4 heteroatoms. The number of hydrogen-bond donors (Lipinski definition) is 1. The van der Waals surface area contributed by atoms with Gasteiger partial charge in [-0.25, -0.2) is 4.79 Å². The normalized spacial score (nSPS) is 10.5. The Morgan fingerprint density at radius 3 is 2.60 bits per heavy atom. The molecule has 2 aromatic rings. The second-order valence-electron chi connectivity index (χ2n) is 3.32. The first-order valence-electron chi connectivity index (χ1n) is 4.48. The Hall–Kier alpha value is -1.13. The van der Waals surface area contributed by atoms with Crippen molar-refractivity contribution in [3.8, 4) is 10.4 Å². The predicted octanol–water partition coefficient (Wildman–Crippen LogP) is 3.79. The van der Waals surface area contributed by atoms with Crippen molar-refractivity contribution in [2.24, 2.45) is 0 Å². The third-order valence-electron chi connectivity index (χ3n) is 2.23. The Balaban J connectivity index is 2.54. The maximum absolute atomic E-state index is 10.8. The van der Waals surface area contributed by atoms with Crippen molar-refractivity contribution < 1.29 is 9.90 Å². The van der Waals surface area contributed by atoms with E-state index in [0.717, 1.165) is 16.0 Å². The lowest BCUT2D eigenvalue weighted by molar-refractivity contribution is 0.0702. The largest absolute Gasteiger partial charge is 0.477 e. The zero-order valence-corrected chi connectivity index (χ0v) is 10.0. The first-order valence-corrected chi connectivity index (χ1v) is 6.17. The van der Waals surface area contributed by atoms with E-state index in [9.17, 15) is 4.79 Å². The van der Waals surface area contributed by atoms with Gasteiger partial charge in [-0.1, -0.05) is 0 Å². The summed E-state index contributed by atoms with van der Waals surface area (Å²) < 4.78 is 0. The Labute approximate surface area is 95.8 Å². The molecule has 78 valence electrons. The van der Waals surface area contributed by atoms with E-state index in [0.29, 0.717) is 4.88 Å². The van der Waals surface area contributed by atoms with Gasteiger partial charge in [-0.15, -0.1) is 22.7 Å². The number of rotatable bonds is 2. The van der Waals surface area contributed by atoms with Gasteiger partial charge in [0.2, 0.25) is 0 Å². The molecule has 0 aromatic carbocycles. The maximum Gasteiger partial charge on any atom is 0.345 e. The number of aromatic carboxylic acids is 1. The minimum absolute atomic E-state index is 0.410. The summed E-state index contributed by atoms with van der Waals surface area (Å²) in [4.78, 5) is 13.6. The molecular weight excluding hydrogens is 228 g/mol. The maximum atomic E-state index is 10.8. The molecule has 2 rings (SSSR count). The van der Waals surface area contributed by atoms with E-state index >= 15 is 0 Å². The van der Waals surface area contributed by atoms with Gasteiger partial charge in [0.25, 0.3) is 0 Å². The molecule has 2 heterocycles. The third kappa shape index (κ3) is 1.82. The minimum Gasteiger partial charge on any atom is -0.477 e. The summed E-state index contributed by atoms with van der Waals surface area (Å²) in [6, 6.07) is 3.78. The molecule has 2 aromatic heterocycles. The van der Waals surface area contributed by atoms with Crippen LogP contribution in [0.5, 0.6) is 0 Å². The lowest BCUT2D eigenvalue weighted by Gasteiger charge is -1.96. The Kier molecular flexibility index (Phi) is 2.63. The summed E-state index contributed by atoms with van der Waals surface area (Å²) in [5.41, 5.74) is 2.20. The van der Waals surface area contributed by atoms with Crippen molar-refractivity contribution >= 4 is 28.6 Å². The highest BCUT2D eigenvalue weighted by atomic mass is 32.1. The zero-order chi connectivity index (χ0) is 11.0. The van der Waals surface area contributed by atoms with Crippen LogP contribution in [0.15, 0.2) is 17.5 Å². The summed E-state index contributed by atoms with van der Waals surface area (Å²) in [5, 5.41) is 10.9. The molecule has 0 fully saturated rings. The topological polar surface area (TPSA) is 37.3 Å². The summed E-state index contributed by atoms with van der Waals surface area (Å²) in [6.07, 6.45) is 0. The van der Waals surface area contributed by atoms with E-state index < -0.39 is 5.97 Å². The van der Waals surface area contributed by atoms with Crippen molar-refractivity contribution in [3.05, 3.63) is 32.8 Å². The van der Waals surface area contributed by atoms with Crippen molar-refractivity contribution in [1.82, 2.24) is 0 Å². The lowest BCUT2D eigenvalue weighted by Crippen LogP contribution is -1.89. The van der Waals surface area contributed by atoms with Gasteiger partial charge < -0.3 is 5.11 Å². The van der Waals surface area contributed by atoms with E-state index in [1.165, 1.54) is 16.2 Å². The van der Waals surface area contributed by atoms with Crippen LogP contribution >= 0.6 is 22.7 Å². The highest BCUT2D eigenvalue weighted by molar-refractivity contribution is 7.18. The molecule has 0 amide bonds. The Morgan fingerprint density at radius 2 is 2.13 bits per heavy atom. The average Bonchev–Trinajstić information content (AvgIpc) is 2.71. The quantitative estimate of drug-likeness (QED) is 0.864. The summed E-state index contributed by atoms with van der Waals surface area (Å²) in [6.45, 7) is 4.01. The van der Waals surface area contributed by atoms with Crippen LogP contribution in [0.4, 0.5) is 0 Å². The van der Waals surface area contributed by atoms with E-state index in [4.69, 9.17) is 5.11 Å². The third-order valence-corrected chi connectivity index (χ3v) is 4.34. The molecule has 0 unspecified atom stereocenters. The summed E-state index contributed by atoms with van der Waals surface area (Å²) in [5.74, 6) is -0.845. The molecule has 15 heavy (non-hydrogen) atoms. The minimum atomic E-state index is -0.845. The number of carboxylic acid groups (broad SMARTS) is 1. The van der Waals surface area contributed by atoms with E-state index in [1.807, 2.05) is 18.4 Å². The Bertz CT molecular complexity index is 508. The molecule has 0 radical (unpaired) electrons. The van der Waals surface area contributed by atoms with E-state index in [2.05, 4.69) is 6.92 Å². The van der Waals surface area contributed by atoms with Crippen LogP contribution in [0.3, 0.4) is 0 Å². The first kappa shape index (κ1) is 10.4. The number of carbonyl (C=O) groups is 1. The van der Waals surface area contributed by atoms with Gasteiger partial charge in [-0.05, 0) is 36.9 Å². The SMILES string of the molecule is Cc1cc(C(=O)O)sc1-c1ccsc1C.